The van der Waals surface area contributed by atoms with Gasteiger partial charge in [-0.05, 0) is 22.8 Å². The number of rotatable bonds is 2. The smallest absolute Gasteiger partial charge is 0.504 e. The fourth-order valence-corrected chi connectivity index (χ4v) is 2.91. The molecule has 0 bridgehead atoms. The van der Waals surface area contributed by atoms with E-state index < -0.39 is 0 Å². The molecule has 0 unspecified atom stereocenters. The van der Waals surface area contributed by atoms with Crippen molar-refractivity contribution in [2.75, 3.05) is 0 Å². The van der Waals surface area contributed by atoms with Crippen molar-refractivity contribution in [3.8, 4) is 16.9 Å². The summed E-state index contributed by atoms with van der Waals surface area (Å²) >= 11 is 0. The molecule has 2 nitrogen and oxygen atoms in total. The van der Waals surface area contributed by atoms with Gasteiger partial charge in [0.05, 0.1) is 0 Å². The van der Waals surface area contributed by atoms with E-state index in [0.29, 0.717) is 0 Å². The number of hydrogen-bond donors (Lipinski definition) is 1. The molecule has 2 aromatic rings. The van der Waals surface area contributed by atoms with Gasteiger partial charge in [-0.15, -0.1) is 0 Å². The zero-order chi connectivity index (χ0) is 12.8. The van der Waals surface area contributed by atoms with Crippen LogP contribution < -0.4 is 4.65 Å². The van der Waals surface area contributed by atoms with Gasteiger partial charge in [0.2, 0.25) is 0 Å². The van der Waals surface area contributed by atoms with Crippen LogP contribution >= 0.6 is 0 Å². The Labute approximate surface area is 108 Å². The molecular formula is C15H15BO2. The summed E-state index contributed by atoms with van der Waals surface area (Å²) in [5.74, 6) is 0.757. The van der Waals surface area contributed by atoms with Crippen molar-refractivity contribution in [3.63, 3.8) is 0 Å². The van der Waals surface area contributed by atoms with E-state index >= 15 is 0 Å². The summed E-state index contributed by atoms with van der Waals surface area (Å²) in [6.07, 6.45) is 0. The van der Waals surface area contributed by atoms with Gasteiger partial charge < -0.3 is 9.68 Å². The summed E-state index contributed by atoms with van der Waals surface area (Å²) in [6.45, 7) is 4.45. The maximum atomic E-state index is 9.01. The summed E-state index contributed by atoms with van der Waals surface area (Å²) in [5.41, 5.74) is 4.89. The molecule has 0 saturated heterocycles. The van der Waals surface area contributed by atoms with Crippen molar-refractivity contribution >= 4 is 7.69 Å². The SMILES string of the molecule is CC1(C)c2ccccc2-c2c(OBO)cccc21. The Bertz CT molecular complexity index is 605. The molecule has 3 rings (SSSR count). The third kappa shape index (κ3) is 1.41. The molecule has 0 fully saturated rings. The first kappa shape index (κ1) is 11.4. The van der Waals surface area contributed by atoms with Crippen LogP contribution in [-0.2, 0) is 5.41 Å². The summed E-state index contributed by atoms with van der Waals surface area (Å²) in [4.78, 5) is 0. The Morgan fingerprint density at radius 1 is 1.00 bits per heavy atom. The van der Waals surface area contributed by atoms with E-state index in [2.05, 4.69) is 38.1 Å². The van der Waals surface area contributed by atoms with E-state index in [4.69, 9.17) is 9.68 Å². The fraction of sp³-hybridized carbons (Fsp3) is 0.200. The predicted molar refractivity (Wildman–Crippen MR) is 74.0 cm³/mol. The minimum absolute atomic E-state index is 0.0131. The van der Waals surface area contributed by atoms with Crippen LogP contribution in [0.25, 0.3) is 11.1 Å². The maximum Gasteiger partial charge on any atom is 0.504 e. The maximum absolute atomic E-state index is 9.01. The standard InChI is InChI=1S/C15H15BO2/c1-15(2)11-7-4-3-6-10(11)14-12(15)8-5-9-13(14)18-16-17/h3-9,16-17H,1-2H3. The van der Waals surface area contributed by atoms with Gasteiger partial charge in [0.1, 0.15) is 5.75 Å². The highest BCUT2D eigenvalue weighted by Gasteiger charge is 2.36. The fourth-order valence-electron chi connectivity index (χ4n) is 2.91. The lowest BCUT2D eigenvalue weighted by atomic mass is 9.82. The summed E-state index contributed by atoms with van der Waals surface area (Å²) < 4.78 is 5.35. The van der Waals surface area contributed by atoms with Crippen LogP contribution in [-0.4, -0.2) is 12.7 Å². The molecule has 3 heteroatoms. The van der Waals surface area contributed by atoms with Gasteiger partial charge in [0.15, 0.2) is 0 Å². The second-order valence-electron chi connectivity index (χ2n) is 5.12. The number of benzene rings is 2. The van der Waals surface area contributed by atoms with Crippen molar-refractivity contribution in [1.82, 2.24) is 0 Å². The Kier molecular flexibility index (Phi) is 2.45. The van der Waals surface area contributed by atoms with Crippen molar-refractivity contribution in [2.24, 2.45) is 0 Å². The molecule has 1 aliphatic carbocycles. The van der Waals surface area contributed by atoms with E-state index in [1.807, 2.05) is 18.2 Å². The molecule has 0 aromatic heterocycles. The molecular weight excluding hydrogens is 223 g/mol. The van der Waals surface area contributed by atoms with Crippen LogP contribution in [0.3, 0.4) is 0 Å². The van der Waals surface area contributed by atoms with Crippen LogP contribution in [0.4, 0.5) is 0 Å². The minimum atomic E-state index is -0.293. The Morgan fingerprint density at radius 2 is 1.72 bits per heavy atom. The third-order valence-electron chi connectivity index (χ3n) is 3.79. The Morgan fingerprint density at radius 3 is 2.50 bits per heavy atom. The first-order chi connectivity index (χ1) is 8.66. The Balaban J connectivity index is 2.33. The number of hydrogen-bond acceptors (Lipinski definition) is 2. The lowest BCUT2D eigenvalue weighted by molar-refractivity contribution is 0.454. The van der Waals surface area contributed by atoms with E-state index in [9.17, 15) is 0 Å². The minimum Gasteiger partial charge on any atom is -0.538 e. The summed E-state index contributed by atoms with van der Waals surface area (Å²) in [7, 11) is -0.293. The van der Waals surface area contributed by atoms with Crippen molar-refractivity contribution in [1.29, 1.82) is 0 Å². The molecule has 2 aromatic carbocycles. The largest absolute Gasteiger partial charge is 0.538 e. The molecule has 0 aliphatic heterocycles. The normalized spacial score (nSPS) is 14.8. The highest BCUT2D eigenvalue weighted by molar-refractivity contribution is 6.17. The molecule has 0 radical (unpaired) electrons. The van der Waals surface area contributed by atoms with E-state index in [-0.39, 0.29) is 13.1 Å². The van der Waals surface area contributed by atoms with Crippen molar-refractivity contribution in [3.05, 3.63) is 53.6 Å². The topological polar surface area (TPSA) is 29.5 Å². The summed E-state index contributed by atoms with van der Waals surface area (Å²) in [5, 5.41) is 9.01. The van der Waals surface area contributed by atoms with Gasteiger partial charge in [-0.2, -0.15) is 0 Å². The predicted octanol–water partition coefficient (Wildman–Crippen LogP) is 2.63. The van der Waals surface area contributed by atoms with Crippen LogP contribution in [0.1, 0.15) is 25.0 Å². The molecule has 1 aliphatic rings. The van der Waals surface area contributed by atoms with Gasteiger partial charge >= 0.3 is 7.69 Å². The highest BCUT2D eigenvalue weighted by Crippen LogP contribution is 2.51. The molecule has 0 atom stereocenters. The van der Waals surface area contributed by atoms with Crippen LogP contribution in [0.5, 0.6) is 5.75 Å². The molecule has 0 spiro atoms. The van der Waals surface area contributed by atoms with Crippen LogP contribution in [0, 0.1) is 0 Å². The van der Waals surface area contributed by atoms with Crippen molar-refractivity contribution in [2.45, 2.75) is 19.3 Å². The average molecular weight is 238 g/mol. The van der Waals surface area contributed by atoms with E-state index in [0.717, 1.165) is 11.3 Å². The monoisotopic (exact) mass is 238 g/mol. The number of fused-ring (bicyclic) bond motifs is 3. The lowest BCUT2D eigenvalue weighted by Crippen LogP contribution is -2.14. The van der Waals surface area contributed by atoms with Crippen LogP contribution in [0.2, 0.25) is 0 Å². The molecule has 18 heavy (non-hydrogen) atoms. The van der Waals surface area contributed by atoms with Gasteiger partial charge in [0, 0.05) is 11.0 Å². The first-order valence-electron chi connectivity index (χ1n) is 6.13. The third-order valence-corrected chi connectivity index (χ3v) is 3.79. The molecule has 90 valence electrons. The Hall–Kier alpha value is -1.74. The quantitative estimate of drug-likeness (QED) is 0.815. The highest BCUT2D eigenvalue weighted by atomic mass is 16.5. The second-order valence-corrected chi connectivity index (χ2v) is 5.12. The molecule has 0 amide bonds. The van der Waals surface area contributed by atoms with E-state index in [1.54, 1.807) is 0 Å². The van der Waals surface area contributed by atoms with Gasteiger partial charge in [0.25, 0.3) is 0 Å². The average Bonchev–Trinajstić information content (AvgIpc) is 2.61. The summed E-state index contributed by atoms with van der Waals surface area (Å²) in [6, 6.07) is 14.4. The zero-order valence-electron chi connectivity index (χ0n) is 10.6. The van der Waals surface area contributed by atoms with Gasteiger partial charge in [-0.1, -0.05) is 50.2 Å². The molecule has 0 saturated carbocycles. The molecule has 1 N–H and O–H groups in total. The van der Waals surface area contributed by atoms with Gasteiger partial charge in [-0.3, -0.25) is 0 Å². The zero-order valence-corrected chi connectivity index (χ0v) is 10.6. The van der Waals surface area contributed by atoms with Gasteiger partial charge in [-0.25, -0.2) is 0 Å². The first-order valence-corrected chi connectivity index (χ1v) is 6.13. The second kappa shape index (κ2) is 3.89. The van der Waals surface area contributed by atoms with Crippen molar-refractivity contribution < 1.29 is 9.68 Å². The lowest BCUT2D eigenvalue weighted by Gasteiger charge is -2.21. The van der Waals surface area contributed by atoms with Crippen LogP contribution in [0.15, 0.2) is 42.5 Å². The van der Waals surface area contributed by atoms with E-state index in [1.165, 1.54) is 16.7 Å². The molecule has 0 heterocycles.